The molecule has 5 nitrogen and oxygen atoms in total. The highest BCUT2D eigenvalue weighted by Crippen LogP contribution is 2.14. The number of rotatable bonds is 6. The van der Waals surface area contributed by atoms with Gasteiger partial charge in [-0.2, -0.15) is 0 Å². The number of nitrogens with two attached hydrogens (primary N) is 1. The number of ether oxygens (including phenoxy) is 2. The minimum atomic E-state index is 0.384. The fourth-order valence-electron chi connectivity index (χ4n) is 1.24. The first-order chi connectivity index (χ1) is 8.26. The molecule has 0 heterocycles. The minimum Gasteiger partial charge on any atom is -0.497 e. The Morgan fingerprint density at radius 3 is 2.65 bits per heavy atom. The lowest BCUT2D eigenvalue weighted by Crippen LogP contribution is -2.23. The molecule has 0 aliphatic rings. The Hall–Kier alpha value is -1.75. The SMILES string of the molecule is CCOCCN=C(N)Nc1ccc(OC)cc1. The molecule has 94 valence electrons. The number of guanidine groups is 1. The maximum Gasteiger partial charge on any atom is 0.193 e. The molecule has 1 aromatic carbocycles. The molecule has 3 N–H and O–H groups in total. The maximum atomic E-state index is 5.71. The number of aliphatic imine (C=N–C) groups is 1. The summed E-state index contributed by atoms with van der Waals surface area (Å²) in [4.78, 5) is 4.13. The van der Waals surface area contributed by atoms with Crippen LogP contribution in [-0.2, 0) is 4.74 Å². The number of anilines is 1. The molecule has 17 heavy (non-hydrogen) atoms. The maximum absolute atomic E-state index is 5.71. The molecule has 0 saturated carbocycles. The first-order valence-electron chi connectivity index (χ1n) is 5.55. The van der Waals surface area contributed by atoms with E-state index in [1.807, 2.05) is 31.2 Å². The van der Waals surface area contributed by atoms with Crippen LogP contribution in [0, 0.1) is 0 Å². The summed E-state index contributed by atoms with van der Waals surface area (Å²) >= 11 is 0. The summed E-state index contributed by atoms with van der Waals surface area (Å²) < 4.78 is 10.2. The summed E-state index contributed by atoms with van der Waals surface area (Å²) in [7, 11) is 1.63. The Bertz CT molecular complexity index is 349. The monoisotopic (exact) mass is 237 g/mol. The number of methoxy groups -OCH3 is 1. The summed E-state index contributed by atoms with van der Waals surface area (Å²) in [5.74, 6) is 1.19. The second kappa shape index (κ2) is 7.51. The number of nitrogens with one attached hydrogen (secondary N) is 1. The van der Waals surface area contributed by atoms with Gasteiger partial charge in [0, 0.05) is 12.3 Å². The zero-order chi connectivity index (χ0) is 12.5. The summed E-state index contributed by atoms with van der Waals surface area (Å²) in [5.41, 5.74) is 6.59. The standard InChI is InChI=1S/C12H19N3O2/c1-3-17-9-8-14-12(13)15-10-4-6-11(16-2)7-5-10/h4-7H,3,8-9H2,1-2H3,(H3,13,14,15). The molecule has 1 rings (SSSR count). The number of hydrogen-bond donors (Lipinski definition) is 2. The lowest BCUT2D eigenvalue weighted by Gasteiger charge is -2.06. The summed E-state index contributed by atoms with van der Waals surface area (Å²) in [5, 5.41) is 2.99. The van der Waals surface area contributed by atoms with Gasteiger partial charge in [-0.15, -0.1) is 0 Å². The Kier molecular flexibility index (Phi) is 5.88. The van der Waals surface area contributed by atoms with Gasteiger partial charge in [-0.3, -0.25) is 4.99 Å². The highest BCUT2D eigenvalue weighted by molar-refractivity contribution is 5.92. The zero-order valence-electron chi connectivity index (χ0n) is 10.3. The zero-order valence-corrected chi connectivity index (χ0v) is 10.3. The molecular formula is C12H19N3O2. The van der Waals surface area contributed by atoms with Crippen molar-refractivity contribution in [1.29, 1.82) is 0 Å². The van der Waals surface area contributed by atoms with Crippen LogP contribution in [0.4, 0.5) is 5.69 Å². The lowest BCUT2D eigenvalue weighted by atomic mass is 10.3. The first-order valence-corrected chi connectivity index (χ1v) is 5.55. The van der Waals surface area contributed by atoms with Crippen LogP contribution in [-0.4, -0.2) is 32.8 Å². The van der Waals surface area contributed by atoms with Crippen LogP contribution in [0.1, 0.15) is 6.92 Å². The Labute approximate surface area is 102 Å². The lowest BCUT2D eigenvalue weighted by molar-refractivity contribution is 0.156. The molecule has 0 unspecified atom stereocenters. The smallest absolute Gasteiger partial charge is 0.193 e. The molecule has 5 heteroatoms. The second-order valence-electron chi connectivity index (χ2n) is 3.32. The van der Waals surface area contributed by atoms with E-state index in [1.165, 1.54) is 0 Å². The molecule has 0 bridgehead atoms. The summed E-state index contributed by atoms with van der Waals surface area (Å²) in [6.07, 6.45) is 0. The summed E-state index contributed by atoms with van der Waals surface area (Å²) in [6.45, 7) is 3.79. The molecule has 0 fully saturated rings. The Morgan fingerprint density at radius 1 is 1.35 bits per heavy atom. The molecule has 1 aromatic rings. The van der Waals surface area contributed by atoms with Gasteiger partial charge in [-0.1, -0.05) is 0 Å². The number of benzene rings is 1. The predicted octanol–water partition coefficient (Wildman–Crippen LogP) is 1.46. The van der Waals surface area contributed by atoms with Crippen molar-refractivity contribution >= 4 is 11.6 Å². The quantitative estimate of drug-likeness (QED) is 0.446. The second-order valence-corrected chi connectivity index (χ2v) is 3.32. The van der Waals surface area contributed by atoms with Gasteiger partial charge in [0.15, 0.2) is 5.96 Å². The molecule has 0 aliphatic carbocycles. The topological polar surface area (TPSA) is 68.9 Å². The molecule has 0 aromatic heterocycles. The predicted molar refractivity (Wildman–Crippen MR) is 69.6 cm³/mol. The van der Waals surface area contributed by atoms with Gasteiger partial charge in [0.2, 0.25) is 0 Å². The average Bonchev–Trinajstić information content (AvgIpc) is 2.36. The average molecular weight is 237 g/mol. The van der Waals surface area contributed by atoms with Gasteiger partial charge in [-0.25, -0.2) is 0 Å². The first kappa shape index (κ1) is 13.3. The van der Waals surface area contributed by atoms with E-state index in [9.17, 15) is 0 Å². The molecule has 0 amide bonds. The van der Waals surface area contributed by atoms with Crippen LogP contribution in [0.3, 0.4) is 0 Å². The van der Waals surface area contributed by atoms with Gasteiger partial charge >= 0.3 is 0 Å². The van der Waals surface area contributed by atoms with Crippen LogP contribution in [0.25, 0.3) is 0 Å². The van der Waals surface area contributed by atoms with Crippen LogP contribution in [0.15, 0.2) is 29.3 Å². The van der Waals surface area contributed by atoms with Crippen molar-refractivity contribution in [3.63, 3.8) is 0 Å². The van der Waals surface area contributed by atoms with Gasteiger partial charge in [0.05, 0.1) is 20.3 Å². The molecular weight excluding hydrogens is 218 g/mol. The van der Waals surface area contributed by atoms with Crippen molar-refractivity contribution in [3.8, 4) is 5.75 Å². The fourth-order valence-corrected chi connectivity index (χ4v) is 1.24. The molecule has 0 radical (unpaired) electrons. The fraction of sp³-hybridized carbons (Fsp3) is 0.417. The van der Waals surface area contributed by atoms with E-state index in [0.717, 1.165) is 11.4 Å². The van der Waals surface area contributed by atoms with E-state index in [2.05, 4.69) is 10.3 Å². The van der Waals surface area contributed by atoms with Crippen LogP contribution in [0.5, 0.6) is 5.75 Å². The van der Waals surface area contributed by atoms with Crippen molar-refractivity contribution in [1.82, 2.24) is 0 Å². The number of hydrogen-bond acceptors (Lipinski definition) is 3. The van der Waals surface area contributed by atoms with Gasteiger partial charge in [0.1, 0.15) is 5.75 Å². The van der Waals surface area contributed by atoms with Gasteiger partial charge in [-0.05, 0) is 31.2 Å². The van der Waals surface area contributed by atoms with Crippen molar-refractivity contribution in [2.45, 2.75) is 6.92 Å². The molecule has 0 atom stereocenters. The highest BCUT2D eigenvalue weighted by atomic mass is 16.5. The van der Waals surface area contributed by atoms with E-state index in [0.29, 0.717) is 25.7 Å². The molecule has 0 saturated heterocycles. The Balaban J connectivity index is 2.41. The molecule has 0 spiro atoms. The van der Waals surface area contributed by atoms with Crippen LogP contribution >= 0.6 is 0 Å². The minimum absolute atomic E-state index is 0.384. The van der Waals surface area contributed by atoms with Crippen LogP contribution < -0.4 is 15.8 Å². The van der Waals surface area contributed by atoms with E-state index >= 15 is 0 Å². The Morgan fingerprint density at radius 2 is 2.06 bits per heavy atom. The van der Waals surface area contributed by atoms with Gasteiger partial charge in [0.25, 0.3) is 0 Å². The molecule has 0 aliphatic heterocycles. The van der Waals surface area contributed by atoms with Crippen molar-refractivity contribution in [3.05, 3.63) is 24.3 Å². The number of nitrogens with zero attached hydrogens (tertiary/aromatic N) is 1. The third-order valence-electron chi connectivity index (χ3n) is 2.08. The van der Waals surface area contributed by atoms with E-state index in [1.54, 1.807) is 7.11 Å². The third-order valence-corrected chi connectivity index (χ3v) is 2.08. The normalized spacial score (nSPS) is 11.3. The summed E-state index contributed by atoms with van der Waals surface area (Å²) in [6, 6.07) is 7.47. The van der Waals surface area contributed by atoms with E-state index < -0.39 is 0 Å². The van der Waals surface area contributed by atoms with E-state index in [4.69, 9.17) is 15.2 Å². The third kappa shape index (κ3) is 5.21. The van der Waals surface area contributed by atoms with Gasteiger partial charge < -0.3 is 20.5 Å². The van der Waals surface area contributed by atoms with Crippen molar-refractivity contribution < 1.29 is 9.47 Å². The van der Waals surface area contributed by atoms with Crippen LogP contribution in [0.2, 0.25) is 0 Å². The highest BCUT2D eigenvalue weighted by Gasteiger charge is 1.95. The van der Waals surface area contributed by atoms with Crippen molar-refractivity contribution in [2.75, 3.05) is 32.2 Å². The van der Waals surface area contributed by atoms with Crippen molar-refractivity contribution in [2.24, 2.45) is 10.7 Å². The van der Waals surface area contributed by atoms with E-state index in [-0.39, 0.29) is 0 Å². The largest absolute Gasteiger partial charge is 0.497 e.